The van der Waals surface area contributed by atoms with Crippen molar-refractivity contribution in [3.05, 3.63) is 45.2 Å². The van der Waals surface area contributed by atoms with Gasteiger partial charge in [-0.2, -0.15) is 5.26 Å². The van der Waals surface area contributed by atoms with Crippen LogP contribution in [0.25, 0.3) is 10.9 Å². The van der Waals surface area contributed by atoms with E-state index in [-0.39, 0.29) is 5.56 Å². The summed E-state index contributed by atoms with van der Waals surface area (Å²) in [4.78, 5) is 11.4. The van der Waals surface area contributed by atoms with E-state index < -0.39 is 0 Å². The summed E-state index contributed by atoms with van der Waals surface area (Å²) in [5.74, 6) is 0. The molecule has 0 bridgehead atoms. The third-order valence-corrected chi connectivity index (χ3v) is 2.64. The first-order valence-electron chi connectivity index (χ1n) is 4.33. The standard InChI is InChI=1S/C11H7ClN2O/c1-14-10-3-2-7(6-13)4-8(10)9(12)5-11(14)15/h2-5H,1H3. The second kappa shape index (κ2) is 3.41. The van der Waals surface area contributed by atoms with Gasteiger partial charge in [-0.1, -0.05) is 11.6 Å². The summed E-state index contributed by atoms with van der Waals surface area (Å²) >= 11 is 5.94. The zero-order valence-electron chi connectivity index (χ0n) is 7.99. The minimum absolute atomic E-state index is 0.155. The fourth-order valence-electron chi connectivity index (χ4n) is 1.49. The molecule has 0 radical (unpaired) electrons. The molecule has 3 nitrogen and oxygen atoms in total. The van der Waals surface area contributed by atoms with Crippen molar-refractivity contribution >= 4 is 22.5 Å². The van der Waals surface area contributed by atoms with E-state index in [1.807, 2.05) is 6.07 Å². The summed E-state index contributed by atoms with van der Waals surface area (Å²) in [6.45, 7) is 0. The fraction of sp³-hybridized carbons (Fsp3) is 0.0909. The Hall–Kier alpha value is -1.79. The van der Waals surface area contributed by atoms with Crippen LogP contribution < -0.4 is 5.56 Å². The van der Waals surface area contributed by atoms with Crippen LogP contribution in [0.3, 0.4) is 0 Å². The highest BCUT2D eigenvalue weighted by molar-refractivity contribution is 6.35. The van der Waals surface area contributed by atoms with Crippen LogP contribution in [0.5, 0.6) is 0 Å². The summed E-state index contributed by atoms with van der Waals surface area (Å²) in [6.07, 6.45) is 0. The topological polar surface area (TPSA) is 45.8 Å². The van der Waals surface area contributed by atoms with Gasteiger partial charge in [-0.3, -0.25) is 4.79 Å². The van der Waals surface area contributed by atoms with Crippen LogP contribution in [-0.4, -0.2) is 4.57 Å². The number of nitrogens with zero attached hydrogens (tertiary/aromatic N) is 2. The van der Waals surface area contributed by atoms with Crippen molar-refractivity contribution in [1.29, 1.82) is 5.26 Å². The van der Waals surface area contributed by atoms with Gasteiger partial charge < -0.3 is 4.57 Å². The minimum atomic E-state index is -0.155. The molecule has 2 aromatic rings. The summed E-state index contributed by atoms with van der Waals surface area (Å²) in [7, 11) is 1.67. The Kier molecular flexibility index (Phi) is 2.22. The van der Waals surface area contributed by atoms with Gasteiger partial charge in [-0.25, -0.2) is 0 Å². The van der Waals surface area contributed by atoms with E-state index in [1.165, 1.54) is 10.6 Å². The molecule has 0 N–H and O–H groups in total. The molecule has 0 saturated carbocycles. The number of benzene rings is 1. The molecule has 2 rings (SSSR count). The highest BCUT2D eigenvalue weighted by Gasteiger charge is 2.05. The quantitative estimate of drug-likeness (QED) is 0.680. The molecule has 0 fully saturated rings. The zero-order chi connectivity index (χ0) is 11.0. The first kappa shape index (κ1) is 9.75. The molecule has 0 amide bonds. The number of nitriles is 1. The molecule has 0 aliphatic carbocycles. The molecule has 1 aromatic heterocycles. The van der Waals surface area contributed by atoms with Gasteiger partial charge in [0, 0.05) is 18.5 Å². The van der Waals surface area contributed by atoms with Crippen LogP contribution >= 0.6 is 11.6 Å². The molecule has 0 aliphatic heterocycles. The first-order valence-corrected chi connectivity index (χ1v) is 4.70. The van der Waals surface area contributed by atoms with E-state index in [1.54, 1.807) is 25.2 Å². The van der Waals surface area contributed by atoms with Gasteiger partial charge in [0.1, 0.15) is 0 Å². The lowest BCUT2D eigenvalue weighted by Gasteiger charge is -2.05. The average Bonchev–Trinajstić information content (AvgIpc) is 2.25. The van der Waals surface area contributed by atoms with Crippen LogP contribution in [-0.2, 0) is 7.05 Å². The lowest BCUT2D eigenvalue weighted by molar-refractivity contribution is 0.906. The second-order valence-corrected chi connectivity index (χ2v) is 3.64. The largest absolute Gasteiger partial charge is 0.311 e. The highest BCUT2D eigenvalue weighted by atomic mass is 35.5. The first-order chi connectivity index (χ1) is 7.13. The minimum Gasteiger partial charge on any atom is -0.311 e. The van der Waals surface area contributed by atoms with Crippen molar-refractivity contribution in [2.24, 2.45) is 7.05 Å². The van der Waals surface area contributed by atoms with E-state index >= 15 is 0 Å². The SMILES string of the molecule is Cn1c(=O)cc(Cl)c2cc(C#N)ccc21. The summed E-state index contributed by atoms with van der Waals surface area (Å²) in [6, 6.07) is 8.45. The Bertz CT molecular complexity index is 637. The Morgan fingerprint density at radius 3 is 2.80 bits per heavy atom. The van der Waals surface area contributed by atoms with Crippen LogP contribution in [0.4, 0.5) is 0 Å². The number of hydrogen-bond acceptors (Lipinski definition) is 2. The predicted octanol–water partition coefficient (Wildman–Crippen LogP) is 2.06. The number of halogens is 1. The molecular formula is C11H7ClN2O. The maximum atomic E-state index is 11.4. The van der Waals surface area contributed by atoms with Gasteiger partial charge in [0.2, 0.25) is 0 Å². The molecular weight excluding hydrogens is 212 g/mol. The Morgan fingerprint density at radius 1 is 1.40 bits per heavy atom. The Labute approximate surface area is 91.1 Å². The van der Waals surface area contributed by atoms with Gasteiger partial charge in [-0.05, 0) is 18.2 Å². The summed E-state index contributed by atoms with van der Waals surface area (Å²) < 4.78 is 1.50. The monoisotopic (exact) mass is 218 g/mol. The van der Waals surface area contributed by atoms with Crippen LogP contribution in [0.1, 0.15) is 5.56 Å². The van der Waals surface area contributed by atoms with Crippen molar-refractivity contribution in [3.8, 4) is 6.07 Å². The van der Waals surface area contributed by atoms with E-state index in [2.05, 4.69) is 0 Å². The third-order valence-electron chi connectivity index (χ3n) is 2.33. The molecule has 0 aliphatic rings. The van der Waals surface area contributed by atoms with E-state index in [0.717, 1.165) is 10.9 Å². The molecule has 1 heterocycles. The third kappa shape index (κ3) is 1.49. The molecule has 1 aromatic carbocycles. The second-order valence-electron chi connectivity index (χ2n) is 3.23. The van der Waals surface area contributed by atoms with Gasteiger partial charge in [-0.15, -0.1) is 0 Å². The Morgan fingerprint density at radius 2 is 2.13 bits per heavy atom. The lowest BCUT2D eigenvalue weighted by atomic mass is 10.1. The Balaban J connectivity index is 2.98. The van der Waals surface area contributed by atoms with Crippen molar-refractivity contribution in [3.63, 3.8) is 0 Å². The van der Waals surface area contributed by atoms with Crippen molar-refractivity contribution < 1.29 is 0 Å². The number of aryl methyl sites for hydroxylation is 1. The molecule has 15 heavy (non-hydrogen) atoms. The number of pyridine rings is 1. The van der Waals surface area contributed by atoms with Gasteiger partial charge in [0.15, 0.2) is 0 Å². The van der Waals surface area contributed by atoms with E-state index in [9.17, 15) is 4.79 Å². The average molecular weight is 219 g/mol. The highest BCUT2D eigenvalue weighted by Crippen LogP contribution is 2.21. The molecule has 0 unspecified atom stereocenters. The molecule has 4 heteroatoms. The van der Waals surface area contributed by atoms with Crippen molar-refractivity contribution in [1.82, 2.24) is 4.57 Å². The normalized spacial score (nSPS) is 10.2. The lowest BCUT2D eigenvalue weighted by Crippen LogP contribution is -2.15. The summed E-state index contributed by atoms with van der Waals surface area (Å²) in [5.41, 5.74) is 1.10. The number of hydrogen-bond donors (Lipinski definition) is 0. The van der Waals surface area contributed by atoms with Gasteiger partial charge >= 0.3 is 0 Å². The van der Waals surface area contributed by atoms with E-state index in [0.29, 0.717) is 10.6 Å². The predicted molar refractivity (Wildman–Crippen MR) is 58.9 cm³/mol. The maximum Gasteiger partial charge on any atom is 0.252 e. The number of fused-ring (bicyclic) bond motifs is 1. The molecule has 0 atom stereocenters. The number of rotatable bonds is 0. The van der Waals surface area contributed by atoms with Crippen LogP contribution in [0.2, 0.25) is 5.02 Å². The van der Waals surface area contributed by atoms with Crippen molar-refractivity contribution in [2.45, 2.75) is 0 Å². The van der Waals surface area contributed by atoms with Crippen LogP contribution in [0, 0.1) is 11.3 Å². The van der Waals surface area contributed by atoms with Gasteiger partial charge in [0.05, 0.1) is 22.2 Å². The number of aromatic nitrogens is 1. The maximum absolute atomic E-state index is 11.4. The van der Waals surface area contributed by atoms with Crippen molar-refractivity contribution in [2.75, 3.05) is 0 Å². The smallest absolute Gasteiger partial charge is 0.252 e. The van der Waals surface area contributed by atoms with Gasteiger partial charge in [0.25, 0.3) is 5.56 Å². The molecule has 0 saturated heterocycles. The van der Waals surface area contributed by atoms with E-state index in [4.69, 9.17) is 16.9 Å². The molecule has 74 valence electrons. The van der Waals surface area contributed by atoms with Crippen LogP contribution in [0.15, 0.2) is 29.1 Å². The molecule has 0 spiro atoms. The fourth-order valence-corrected chi connectivity index (χ4v) is 1.74. The summed E-state index contributed by atoms with van der Waals surface area (Å²) in [5, 5.41) is 9.85. The zero-order valence-corrected chi connectivity index (χ0v) is 8.75.